The molecule has 0 atom stereocenters. The molecule has 0 aromatic heterocycles. The normalized spacial score (nSPS) is 16.3. The summed E-state index contributed by atoms with van der Waals surface area (Å²) in [5.74, 6) is 0. The molecule has 0 N–H and O–H groups in total. The van der Waals surface area contributed by atoms with Crippen molar-refractivity contribution in [2.45, 2.75) is 39.0 Å². The molecule has 0 fully saturated rings. The molecule has 128 valence electrons. The van der Waals surface area contributed by atoms with Crippen molar-refractivity contribution in [1.29, 1.82) is 0 Å². The minimum atomic E-state index is -4.21. The Morgan fingerprint density at radius 2 is 1.00 bits per heavy atom. The second-order valence-electron chi connectivity index (χ2n) is 4.45. The molecule has 0 aromatic carbocycles. The van der Waals surface area contributed by atoms with Gasteiger partial charge in [0.05, 0.1) is 0 Å². The van der Waals surface area contributed by atoms with Gasteiger partial charge in [0.1, 0.15) is 0 Å². The predicted octanol–water partition coefficient (Wildman–Crippen LogP) is -0.738. The van der Waals surface area contributed by atoms with Crippen LogP contribution in [0.1, 0.15) is 26.7 Å². The maximum Gasteiger partial charge on any atom is 4.00 e. The van der Waals surface area contributed by atoms with E-state index >= 15 is 0 Å². The molecule has 0 radical (unpaired) electrons. The SMILES string of the molecule is CC1=[C-]C(C(F)(F)F)=CC1.CC1=[C-]C(C(F)(F)F)=CC1.[Cl-].[Cl-].[Zr+4]. The molecule has 23 heavy (non-hydrogen) atoms. The van der Waals surface area contributed by atoms with Crippen molar-refractivity contribution in [2.24, 2.45) is 0 Å². The van der Waals surface area contributed by atoms with Crippen molar-refractivity contribution >= 4 is 0 Å². The van der Waals surface area contributed by atoms with E-state index in [9.17, 15) is 26.3 Å². The minimum Gasteiger partial charge on any atom is -1.00 e. The van der Waals surface area contributed by atoms with Gasteiger partial charge in [-0.1, -0.05) is 26.7 Å². The Morgan fingerprint density at radius 1 is 0.739 bits per heavy atom. The molecule has 2 aliphatic rings. The Balaban J connectivity index is -0.000000308. The Labute approximate surface area is 162 Å². The van der Waals surface area contributed by atoms with Crippen LogP contribution in [0.4, 0.5) is 26.3 Å². The number of hydrogen-bond donors (Lipinski definition) is 0. The van der Waals surface area contributed by atoms with Gasteiger partial charge in [0.25, 0.3) is 0 Å². The third-order valence-corrected chi connectivity index (χ3v) is 2.53. The zero-order chi connectivity index (χ0) is 15.6. The van der Waals surface area contributed by atoms with Gasteiger partial charge in [-0.3, -0.25) is 0 Å². The van der Waals surface area contributed by atoms with Gasteiger partial charge in [0.15, 0.2) is 0 Å². The van der Waals surface area contributed by atoms with Gasteiger partial charge in [0, 0.05) is 0 Å². The molecule has 0 aromatic rings. The van der Waals surface area contributed by atoms with Crippen LogP contribution >= 0.6 is 0 Å². The summed E-state index contributed by atoms with van der Waals surface area (Å²) >= 11 is 0. The molecule has 0 unspecified atom stereocenters. The molecule has 0 spiro atoms. The van der Waals surface area contributed by atoms with Crippen LogP contribution in [-0.2, 0) is 26.2 Å². The van der Waals surface area contributed by atoms with E-state index in [1.807, 2.05) is 0 Å². The van der Waals surface area contributed by atoms with Crippen LogP contribution < -0.4 is 24.8 Å². The fourth-order valence-electron chi connectivity index (χ4n) is 1.55. The van der Waals surface area contributed by atoms with Gasteiger partial charge in [-0.2, -0.15) is 37.5 Å². The third kappa shape index (κ3) is 9.78. The van der Waals surface area contributed by atoms with Crippen LogP contribution in [0.3, 0.4) is 0 Å². The fourth-order valence-corrected chi connectivity index (χ4v) is 1.55. The van der Waals surface area contributed by atoms with E-state index in [0.29, 0.717) is 24.0 Å². The summed E-state index contributed by atoms with van der Waals surface area (Å²) in [6, 6.07) is 0. The van der Waals surface area contributed by atoms with Gasteiger partial charge in [0.2, 0.25) is 0 Å². The Kier molecular flexibility index (Phi) is 13.0. The van der Waals surface area contributed by atoms with Gasteiger partial charge < -0.3 is 24.8 Å². The molecule has 0 amide bonds. The summed E-state index contributed by atoms with van der Waals surface area (Å²) in [7, 11) is 0. The average molecular weight is 456 g/mol. The molecular formula is C14H12Cl2F6Zr. The van der Waals surface area contributed by atoms with Gasteiger partial charge in [-0.05, 0) is 0 Å². The van der Waals surface area contributed by atoms with Crippen LogP contribution in [0.5, 0.6) is 0 Å². The first-order chi connectivity index (χ1) is 9.00. The molecule has 0 heterocycles. The smallest absolute Gasteiger partial charge is 1.00 e. The maximum atomic E-state index is 11.8. The Bertz CT molecular complexity index is 452. The summed E-state index contributed by atoms with van der Waals surface area (Å²) in [6.07, 6.45) is -0.864. The molecule has 9 heteroatoms. The minimum absolute atomic E-state index is 0. The summed E-state index contributed by atoms with van der Waals surface area (Å²) in [5, 5.41) is 0. The van der Waals surface area contributed by atoms with E-state index in [1.54, 1.807) is 13.8 Å². The Hall–Kier alpha value is 0.00312. The second-order valence-corrected chi connectivity index (χ2v) is 4.45. The first-order valence-corrected chi connectivity index (χ1v) is 5.73. The molecule has 2 rings (SSSR count). The third-order valence-electron chi connectivity index (χ3n) is 2.53. The number of alkyl halides is 6. The summed E-state index contributed by atoms with van der Waals surface area (Å²) in [4.78, 5) is 0. The van der Waals surface area contributed by atoms with Crippen molar-refractivity contribution in [3.63, 3.8) is 0 Å². The van der Waals surface area contributed by atoms with Crippen LogP contribution in [0, 0.1) is 12.2 Å². The van der Waals surface area contributed by atoms with Crippen molar-refractivity contribution in [2.75, 3.05) is 0 Å². The van der Waals surface area contributed by atoms with E-state index in [1.165, 1.54) is 0 Å². The number of hydrogen-bond acceptors (Lipinski definition) is 0. The van der Waals surface area contributed by atoms with Crippen LogP contribution in [0.25, 0.3) is 0 Å². The largest absolute Gasteiger partial charge is 4.00 e. The van der Waals surface area contributed by atoms with E-state index in [4.69, 9.17) is 0 Å². The zero-order valence-corrected chi connectivity index (χ0v) is 16.1. The van der Waals surface area contributed by atoms with Gasteiger partial charge >= 0.3 is 38.6 Å². The number of rotatable bonds is 0. The first-order valence-electron chi connectivity index (χ1n) is 5.73. The van der Waals surface area contributed by atoms with Crippen molar-refractivity contribution in [3.05, 3.63) is 46.6 Å². The monoisotopic (exact) mass is 454 g/mol. The molecule has 0 aliphatic heterocycles. The second kappa shape index (κ2) is 10.8. The van der Waals surface area contributed by atoms with E-state index in [0.717, 1.165) is 12.2 Å². The molecule has 0 nitrogen and oxygen atoms in total. The quantitative estimate of drug-likeness (QED) is 0.333. The van der Waals surface area contributed by atoms with Gasteiger partial charge in [-0.15, -0.1) is 11.1 Å². The van der Waals surface area contributed by atoms with Gasteiger partial charge in [-0.25, -0.2) is 24.3 Å². The topological polar surface area (TPSA) is 0 Å². The first kappa shape index (κ1) is 27.8. The van der Waals surface area contributed by atoms with Crippen molar-refractivity contribution in [3.8, 4) is 0 Å². The molecule has 2 aliphatic carbocycles. The average Bonchev–Trinajstić information content (AvgIpc) is 2.85. The van der Waals surface area contributed by atoms with Crippen molar-refractivity contribution in [1.82, 2.24) is 0 Å². The molecule has 0 bridgehead atoms. The van der Waals surface area contributed by atoms with Crippen LogP contribution in [-0.4, -0.2) is 12.4 Å². The molecule has 0 saturated carbocycles. The van der Waals surface area contributed by atoms with Crippen LogP contribution in [0.2, 0.25) is 0 Å². The number of allylic oxidation sites excluding steroid dienone is 8. The standard InChI is InChI=1S/2C7H6F3.2ClH.Zr/c2*1-5-2-3-6(4-5)7(8,9)10;;;/h2*3H,2H2,1H3;2*1H;/q2*-1;;;+4/p-2. The predicted molar refractivity (Wildman–Crippen MR) is 62.4 cm³/mol. The summed E-state index contributed by atoms with van der Waals surface area (Å²) < 4.78 is 70.7. The van der Waals surface area contributed by atoms with E-state index in [-0.39, 0.29) is 51.0 Å². The van der Waals surface area contributed by atoms with E-state index < -0.39 is 23.5 Å². The maximum absolute atomic E-state index is 11.8. The van der Waals surface area contributed by atoms with Crippen LogP contribution in [0.15, 0.2) is 34.4 Å². The summed E-state index contributed by atoms with van der Waals surface area (Å²) in [6.45, 7) is 3.27. The summed E-state index contributed by atoms with van der Waals surface area (Å²) in [5.41, 5.74) is 0.0228. The molecular weight excluding hydrogens is 444 g/mol. The zero-order valence-electron chi connectivity index (χ0n) is 12.1. The Morgan fingerprint density at radius 3 is 1.09 bits per heavy atom. The molecule has 0 saturated heterocycles. The van der Waals surface area contributed by atoms with E-state index in [2.05, 4.69) is 12.2 Å². The number of halogens is 8. The fraction of sp³-hybridized carbons (Fsp3) is 0.429. The van der Waals surface area contributed by atoms with Crippen molar-refractivity contribution < 1.29 is 77.4 Å².